The predicted molar refractivity (Wildman–Crippen MR) is 90.3 cm³/mol. The Bertz CT molecular complexity index is 1080. The largest absolute Gasteiger partial charge is 0.416 e. The average molecular weight is 398 g/mol. The summed E-state index contributed by atoms with van der Waals surface area (Å²) in [4.78, 5) is 19.3. The molecule has 3 aromatic rings. The van der Waals surface area contributed by atoms with Crippen molar-refractivity contribution in [3.8, 4) is 0 Å². The van der Waals surface area contributed by atoms with Crippen molar-refractivity contribution < 1.29 is 22.0 Å². The Hall–Kier alpha value is -2.78. The van der Waals surface area contributed by atoms with Crippen LogP contribution in [0.4, 0.5) is 22.0 Å². The quantitative estimate of drug-likeness (QED) is 0.656. The van der Waals surface area contributed by atoms with E-state index >= 15 is 0 Å². The zero-order valence-electron chi connectivity index (χ0n) is 14.6. The van der Waals surface area contributed by atoms with E-state index in [-0.39, 0.29) is 17.0 Å². The van der Waals surface area contributed by atoms with Gasteiger partial charge in [0.2, 0.25) is 0 Å². The van der Waals surface area contributed by atoms with Gasteiger partial charge in [0.25, 0.3) is 12.0 Å². The lowest BCUT2D eigenvalue weighted by atomic mass is 10.1. The molecule has 0 amide bonds. The van der Waals surface area contributed by atoms with Crippen LogP contribution >= 0.6 is 0 Å². The second-order valence-electron chi connectivity index (χ2n) is 6.85. The Labute approximate surface area is 155 Å². The van der Waals surface area contributed by atoms with Gasteiger partial charge in [-0.25, -0.2) is 18.4 Å². The van der Waals surface area contributed by atoms with Crippen LogP contribution in [0.3, 0.4) is 0 Å². The van der Waals surface area contributed by atoms with Gasteiger partial charge in [-0.3, -0.25) is 4.79 Å². The summed E-state index contributed by atoms with van der Waals surface area (Å²) in [6.45, 7) is 1.60. The van der Waals surface area contributed by atoms with Gasteiger partial charge < -0.3 is 4.98 Å². The molecular weight excluding hydrogens is 383 g/mol. The lowest BCUT2D eigenvalue weighted by molar-refractivity contribution is -0.137. The summed E-state index contributed by atoms with van der Waals surface area (Å²) in [5.74, 6) is 0.496. The summed E-state index contributed by atoms with van der Waals surface area (Å²) in [6, 6.07) is 3.66. The number of benzene rings is 1. The van der Waals surface area contributed by atoms with Crippen LogP contribution in [0.5, 0.6) is 0 Å². The zero-order chi connectivity index (χ0) is 20.2. The molecule has 2 heterocycles. The molecule has 2 aromatic heterocycles. The molecule has 0 radical (unpaired) electrons. The number of fused-ring (bicyclic) bond motifs is 1. The first-order chi connectivity index (χ1) is 13.2. The van der Waals surface area contributed by atoms with E-state index in [0.717, 1.165) is 25.0 Å². The van der Waals surface area contributed by atoms with Gasteiger partial charge in [0.1, 0.15) is 16.9 Å². The van der Waals surface area contributed by atoms with Crippen molar-refractivity contribution in [3.05, 3.63) is 57.3 Å². The monoisotopic (exact) mass is 398 g/mol. The Morgan fingerprint density at radius 2 is 1.82 bits per heavy atom. The molecule has 148 valence electrons. The van der Waals surface area contributed by atoms with E-state index in [1.165, 1.54) is 16.8 Å². The summed E-state index contributed by atoms with van der Waals surface area (Å²) in [6.07, 6.45) is -5.77. The Morgan fingerprint density at radius 1 is 1.18 bits per heavy atom. The highest BCUT2D eigenvalue weighted by Crippen LogP contribution is 2.38. The van der Waals surface area contributed by atoms with E-state index in [0.29, 0.717) is 11.4 Å². The third-order valence-corrected chi connectivity index (χ3v) is 4.87. The van der Waals surface area contributed by atoms with Crippen molar-refractivity contribution in [3.63, 3.8) is 0 Å². The van der Waals surface area contributed by atoms with Gasteiger partial charge in [-0.1, -0.05) is 12.1 Å². The molecule has 0 aliphatic heterocycles. The fourth-order valence-electron chi connectivity index (χ4n) is 3.15. The van der Waals surface area contributed by atoms with Gasteiger partial charge in [-0.2, -0.15) is 18.3 Å². The molecule has 1 aromatic carbocycles. The minimum atomic E-state index is -4.48. The molecule has 1 aliphatic rings. The van der Waals surface area contributed by atoms with Crippen molar-refractivity contribution in [2.45, 2.75) is 44.3 Å². The first-order valence-electron chi connectivity index (χ1n) is 8.64. The summed E-state index contributed by atoms with van der Waals surface area (Å²) in [5, 5.41) is 3.59. The molecular formula is C18H15F5N4O. The first-order valence-corrected chi connectivity index (χ1v) is 8.64. The van der Waals surface area contributed by atoms with Crippen molar-refractivity contribution in [1.82, 2.24) is 19.7 Å². The van der Waals surface area contributed by atoms with Gasteiger partial charge in [0.15, 0.2) is 5.65 Å². The fourth-order valence-corrected chi connectivity index (χ4v) is 3.15. The van der Waals surface area contributed by atoms with Crippen molar-refractivity contribution >= 4 is 11.0 Å². The first kappa shape index (κ1) is 18.6. The third kappa shape index (κ3) is 3.16. The highest BCUT2D eigenvalue weighted by atomic mass is 19.4. The smallest absolute Gasteiger partial charge is 0.310 e. The van der Waals surface area contributed by atoms with Gasteiger partial charge in [-0.15, -0.1) is 0 Å². The maximum Gasteiger partial charge on any atom is 0.416 e. The Kier molecular flexibility index (Phi) is 4.24. The summed E-state index contributed by atoms with van der Waals surface area (Å²) in [7, 11) is 0. The number of halogens is 5. The molecule has 1 aliphatic carbocycles. The molecule has 0 spiro atoms. The lowest BCUT2D eigenvalue weighted by Gasteiger charge is -2.15. The predicted octanol–water partition coefficient (Wildman–Crippen LogP) is 4.56. The van der Waals surface area contributed by atoms with E-state index in [9.17, 15) is 26.7 Å². The minimum Gasteiger partial charge on any atom is -0.310 e. The maximum absolute atomic E-state index is 13.4. The second-order valence-corrected chi connectivity index (χ2v) is 6.85. The minimum absolute atomic E-state index is 0.00773. The normalized spacial score (nSPS) is 16.1. The van der Waals surface area contributed by atoms with Crippen LogP contribution < -0.4 is 5.56 Å². The molecule has 1 saturated carbocycles. The standard InChI is InChI=1S/C18H15F5N4O/c1-8(9-4-6-11(7-5-9)18(21,22)23)27-16-12(13(26-27)14(19)20)17(28)25-15(24-16)10-2-3-10/h4-8,10,14H,2-3H2,1H3,(H,24,25,28)/t8-/m0/s1. The zero-order valence-corrected chi connectivity index (χ0v) is 14.6. The van der Waals surface area contributed by atoms with Crippen LogP contribution in [0, 0.1) is 0 Å². The Balaban J connectivity index is 1.84. The molecule has 4 rings (SSSR count). The van der Waals surface area contributed by atoms with Crippen LogP contribution in [-0.2, 0) is 6.18 Å². The number of hydrogen-bond acceptors (Lipinski definition) is 3. The number of aromatic nitrogens is 4. The van der Waals surface area contributed by atoms with Crippen LogP contribution in [0.2, 0.25) is 0 Å². The number of nitrogens with zero attached hydrogens (tertiary/aromatic N) is 3. The third-order valence-electron chi connectivity index (χ3n) is 4.87. The maximum atomic E-state index is 13.4. The van der Waals surface area contributed by atoms with Crippen molar-refractivity contribution in [2.24, 2.45) is 0 Å². The molecule has 28 heavy (non-hydrogen) atoms. The van der Waals surface area contributed by atoms with E-state index < -0.39 is 35.5 Å². The number of nitrogens with one attached hydrogen (secondary N) is 1. The number of aromatic amines is 1. The van der Waals surface area contributed by atoms with E-state index in [2.05, 4.69) is 15.1 Å². The summed E-state index contributed by atoms with van der Waals surface area (Å²) >= 11 is 0. The molecule has 0 unspecified atom stereocenters. The van der Waals surface area contributed by atoms with E-state index in [1.807, 2.05) is 0 Å². The molecule has 0 bridgehead atoms. The molecule has 1 N–H and O–H groups in total. The number of hydrogen-bond donors (Lipinski definition) is 1. The molecule has 0 saturated heterocycles. The van der Waals surface area contributed by atoms with Gasteiger partial charge in [-0.05, 0) is 37.5 Å². The van der Waals surface area contributed by atoms with Gasteiger partial charge in [0, 0.05) is 5.92 Å². The van der Waals surface area contributed by atoms with Gasteiger partial charge in [0.05, 0.1) is 11.6 Å². The molecule has 1 fully saturated rings. The summed E-state index contributed by atoms with van der Waals surface area (Å²) < 4.78 is 66.3. The number of alkyl halides is 5. The van der Waals surface area contributed by atoms with E-state index in [4.69, 9.17) is 0 Å². The highest BCUT2D eigenvalue weighted by molar-refractivity contribution is 5.78. The van der Waals surface area contributed by atoms with Crippen LogP contribution in [-0.4, -0.2) is 19.7 Å². The fraction of sp³-hybridized carbons (Fsp3) is 0.389. The van der Waals surface area contributed by atoms with Crippen LogP contribution in [0.25, 0.3) is 11.0 Å². The van der Waals surface area contributed by atoms with E-state index in [1.54, 1.807) is 6.92 Å². The highest BCUT2D eigenvalue weighted by Gasteiger charge is 2.32. The van der Waals surface area contributed by atoms with Crippen molar-refractivity contribution in [2.75, 3.05) is 0 Å². The average Bonchev–Trinajstić information content (AvgIpc) is 3.41. The molecule has 10 heteroatoms. The SMILES string of the molecule is C[C@@H](c1ccc(C(F)(F)F)cc1)n1nc(C(F)F)c2c(=O)[nH]c(C3CC3)nc21. The van der Waals surface area contributed by atoms with Gasteiger partial charge >= 0.3 is 6.18 Å². The number of H-pyrrole nitrogens is 1. The van der Waals surface area contributed by atoms with Crippen LogP contribution in [0.15, 0.2) is 29.1 Å². The lowest BCUT2D eigenvalue weighted by Crippen LogP contribution is -2.14. The molecule has 1 atom stereocenters. The van der Waals surface area contributed by atoms with Crippen molar-refractivity contribution in [1.29, 1.82) is 0 Å². The number of rotatable bonds is 4. The van der Waals surface area contributed by atoms with Crippen LogP contribution in [0.1, 0.15) is 60.8 Å². The summed E-state index contributed by atoms with van der Waals surface area (Å²) in [5.41, 5.74) is -1.76. The Morgan fingerprint density at radius 3 is 2.36 bits per heavy atom. The second kappa shape index (κ2) is 6.39. The topological polar surface area (TPSA) is 63.6 Å². The molecule has 5 nitrogen and oxygen atoms in total.